The van der Waals surface area contributed by atoms with E-state index in [4.69, 9.17) is 9.26 Å². The van der Waals surface area contributed by atoms with Crippen molar-refractivity contribution in [2.24, 2.45) is 0 Å². The van der Waals surface area contributed by atoms with Gasteiger partial charge in [-0.2, -0.15) is 0 Å². The fourth-order valence-electron chi connectivity index (χ4n) is 2.27. The number of nitrogens with zero attached hydrogens (tertiary/aromatic N) is 2. The van der Waals surface area contributed by atoms with Crippen LogP contribution in [-0.2, 0) is 27.2 Å². The van der Waals surface area contributed by atoms with Crippen LogP contribution >= 0.6 is 11.3 Å². The smallest absolute Gasteiger partial charge is 0.311 e. The lowest BCUT2D eigenvalue weighted by Gasteiger charge is -1.99. The number of hydrogen-bond donors (Lipinski definition) is 1. The highest BCUT2D eigenvalue weighted by molar-refractivity contribution is 7.13. The van der Waals surface area contributed by atoms with E-state index in [9.17, 15) is 9.59 Å². The lowest BCUT2D eigenvalue weighted by Crippen LogP contribution is -2.14. The molecule has 0 spiro atoms. The van der Waals surface area contributed by atoms with Crippen molar-refractivity contribution in [2.75, 3.05) is 11.9 Å². The predicted octanol–water partition coefficient (Wildman–Crippen LogP) is 3.08. The Morgan fingerprint density at radius 3 is 2.77 bits per heavy atom. The molecule has 8 heteroatoms. The Hall–Kier alpha value is -3.00. The lowest BCUT2D eigenvalue weighted by molar-refractivity contribution is -0.142. The maximum absolute atomic E-state index is 12.1. The topological polar surface area (TPSA) is 94.3 Å². The minimum atomic E-state index is -0.341. The Morgan fingerprint density at radius 1 is 1.19 bits per heavy atom. The highest BCUT2D eigenvalue weighted by atomic mass is 32.1. The van der Waals surface area contributed by atoms with E-state index >= 15 is 0 Å². The number of anilines is 1. The van der Waals surface area contributed by atoms with Crippen LogP contribution in [0.3, 0.4) is 0 Å². The predicted molar refractivity (Wildman–Crippen MR) is 96.7 cm³/mol. The summed E-state index contributed by atoms with van der Waals surface area (Å²) in [6.07, 6.45) is 0.160. The van der Waals surface area contributed by atoms with Gasteiger partial charge in [-0.05, 0) is 6.92 Å². The van der Waals surface area contributed by atoms with Crippen LogP contribution in [-0.4, -0.2) is 28.6 Å². The van der Waals surface area contributed by atoms with E-state index in [0.717, 1.165) is 5.56 Å². The minimum absolute atomic E-state index is 0.0725. The number of ether oxygens (including phenoxy) is 1. The Morgan fingerprint density at radius 2 is 2.00 bits per heavy atom. The summed E-state index contributed by atoms with van der Waals surface area (Å²) in [5.41, 5.74) is 2.00. The third kappa shape index (κ3) is 4.76. The molecule has 0 radical (unpaired) electrons. The molecular weight excluding hydrogens is 354 g/mol. The van der Waals surface area contributed by atoms with Gasteiger partial charge in [-0.25, -0.2) is 4.98 Å². The average Bonchev–Trinajstić information content (AvgIpc) is 3.25. The fourth-order valence-corrected chi connectivity index (χ4v) is 2.99. The molecule has 3 aromatic rings. The van der Waals surface area contributed by atoms with Crippen molar-refractivity contribution in [2.45, 2.75) is 19.8 Å². The van der Waals surface area contributed by atoms with Gasteiger partial charge >= 0.3 is 5.97 Å². The number of hydrogen-bond acceptors (Lipinski definition) is 7. The highest BCUT2D eigenvalue weighted by Gasteiger charge is 2.13. The molecule has 26 heavy (non-hydrogen) atoms. The zero-order chi connectivity index (χ0) is 18.4. The van der Waals surface area contributed by atoms with E-state index in [1.54, 1.807) is 18.4 Å². The van der Waals surface area contributed by atoms with Crippen molar-refractivity contribution in [3.63, 3.8) is 0 Å². The van der Waals surface area contributed by atoms with Gasteiger partial charge in [-0.3, -0.25) is 9.59 Å². The van der Waals surface area contributed by atoms with Gasteiger partial charge < -0.3 is 14.6 Å². The molecule has 0 aliphatic heterocycles. The second-order valence-electron chi connectivity index (χ2n) is 5.40. The van der Waals surface area contributed by atoms with Crippen molar-refractivity contribution in [3.8, 4) is 11.3 Å². The van der Waals surface area contributed by atoms with Gasteiger partial charge in [0.1, 0.15) is 0 Å². The summed E-state index contributed by atoms with van der Waals surface area (Å²) in [6, 6.07) is 11.3. The van der Waals surface area contributed by atoms with Crippen molar-refractivity contribution in [1.29, 1.82) is 0 Å². The molecule has 2 aromatic heterocycles. The van der Waals surface area contributed by atoms with Crippen molar-refractivity contribution in [3.05, 3.63) is 53.2 Å². The summed E-state index contributed by atoms with van der Waals surface area (Å²) in [5.74, 6) is 0.0148. The molecule has 0 unspecified atom stereocenters. The molecule has 3 rings (SSSR count). The second kappa shape index (κ2) is 8.39. The Balaban J connectivity index is 1.55. The number of amides is 1. The lowest BCUT2D eigenvalue weighted by atomic mass is 10.1. The second-order valence-corrected chi connectivity index (χ2v) is 6.26. The summed E-state index contributed by atoms with van der Waals surface area (Å²) in [7, 11) is 0. The third-order valence-corrected chi connectivity index (χ3v) is 4.19. The number of thiazole rings is 1. The minimum Gasteiger partial charge on any atom is -0.466 e. The SMILES string of the molecule is CCOC(=O)Cc1csc(NC(=O)Cc2cc(-c3ccccc3)on2)n1. The van der Waals surface area contributed by atoms with Crippen LogP contribution < -0.4 is 5.32 Å². The molecule has 0 atom stereocenters. The number of aromatic nitrogens is 2. The maximum atomic E-state index is 12.1. The molecular formula is C18H17N3O4S. The molecule has 0 aliphatic rings. The van der Waals surface area contributed by atoms with Crippen molar-refractivity contribution in [1.82, 2.24) is 10.1 Å². The first-order chi connectivity index (χ1) is 12.6. The highest BCUT2D eigenvalue weighted by Crippen LogP contribution is 2.20. The Labute approximate surface area is 154 Å². The van der Waals surface area contributed by atoms with Gasteiger partial charge in [-0.15, -0.1) is 11.3 Å². The summed E-state index contributed by atoms with van der Waals surface area (Å²) in [5, 5.41) is 8.77. The molecule has 2 heterocycles. The van der Waals surface area contributed by atoms with Crippen LogP contribution in [0.1, 0.15) is 18.3 Å². The zero-order valence-electron chi connectivity index (χ0n) is 14.1. The maximum Gasteiger partial charge on any atom is 0.311 e. The zero-order valence-corrected chi connectivity index (χ0v) is 14.9. The Kier molecular flexibility index (Phi) is 5.75. The van der Waals surface area contributed by atoms with Crippen LogP contribution in [0.4, 0.5) is 5.13 Å². The number of nitrogens with one attached hydrogen (secondary N) is 1. The van der Waals surface area contributed by atoms with Crippen LogP contribution in [0, 0.1) is 0 Å². The quantitative estimate of drug-likeness (QED) is 0.642. The van der Waals surface area contributed by atoms with Gasteiger partial charge in [0.05, 0.1) is 30.8 Å². The molecule has 0 bridgehead atoms. The van der Waals surface area contributed by atoms with Crippen molar-refractivity contribution < 1.29 is 18.8 Å². The summed E-state index contributed by atoms with van der Waals surface area (Å²) in [6.45, 7) is 2.08. The molecule has 1 amide bonds. The molecule has 1 aromatic carbocycles. The number of esters is 1. The number of rotatable bonds is 7. The standard InChI is InChI=1S/C18H17N3O4S/c1-2-24-17(23)10-14-11-26-18(19-14)20-16(22)9-13-8-15(25-21-13)12-6-4-3-5-7-12/h3-8,11H,2,9-10H2,1H3,(H,19,20,22). The van der Waals surface area contributed by atoms with Crippen LogP contribution in [0.15, 0.2) is 46.3 Å². The molecule has 0 aliphatic carbocycles. The van der Waals surface area contributed by atoms with E-state index in [1.807, 2.05) is 30.3 Å². The summed E-state index contributed by atoms with van der Waals surface area (Å²) in [4.78, 5) is 27.8. The largest absolute Gasteiger partial charge is 0.466 e. The molecule has 7 nitrogen and oxygen atoms in total. The van der Waals surface area contributed by atoms with Crippen LogP contribution in [0.25, 0.3) is 11.3 Å². The van der Waals surface area contributed by atoms with Gasteiger partial charge in [0.25, 0.3) is 0 Å². The first kappa shape index (κ1) is 17.8. The van der Waals surface area contributed by atoms with Crippen LogP contribution in [0.5, 0.6) is 0 Å². The molecule has 1 N–H and O–H groups in total. The first-order valence-electron chi connectivity index (χ1n) is 8.05. The normalized spacial score (nSPS) is 10.5. The van der Waals surface area contributed by atoms with Crippen molar-refractivity contribution >= 4 is 28.3 Å². The third-order valence-electron chi connectivity index (χ3n) is 3.39. The monoisotopic (exact) mass is 371 g/mol. The van der Waals surface area contributed by atoms with E-state index in [0.29, 0.717) is 28.9 Å². The summed E-state index contributed by atoms with van der Waals surface area (Å²) < 4.78 is 10.2. The molecule has 0 saturated heterocycles. The van der Waals surface area contributed by atoms with Gasteiger partial charge in [0.15, 0.2) is 10.9 Å². The van der Waals surface area contributed by atoms with Crippen LogP contribution in [0.2, 0.25) is 0 Å². The first-order valence-corrected chi connectivity index (χ1v) is 8.93. The molecule has 134 valence electrons. The number of carbonyl (C=O) groups excluding carboxylic acids is 2. The molecule has 0 saturated carbocycles. The van der Waals surface area contributed by atoms with E-state index in [2.05, 4.69) is 15.5 Å². The molecule has 0 fully saturated rings. The van der Waals surface area contributed by atoms with Gasteiger partial charge in [0.2, 0.25) is 5.91 Å². The Bertz CT molecular complexity index is 889. The van der Waals surface area contributed by atoms with E-state index in [-0.39, 0.29) is 24.7 Å². The fraction of sp³-hybridized carbons (Fsp3) is 0.222. The van der Waals surface area contributed by atoms with E-state index < -0.39 is 0 Å². The number of benzene rings is 1. The number of carbonyl (C=O) groups is 2. The van der Waals surface area contributed by atoms with Gasteiger partial charge in [0, 0.05) is 17.0 Å². The summed E-state index contributed by atoms with van der Waals surface area (Å²) >= 11 is 1.26. The van der Waals surface area contributed by atoms with Gasteiger partial charge in [-0.1, -0.05) is 35.5 Å². The van der Waals surface area contributed by atoms with E-state index in [1.165, 1.54) is 11.3 Å². The average molecular weight is 371 g/mol.